The summed E-state index contributed by atoms with van der Waals surface area (Å²) in [6.07, 6.45) is -0.0663. The van der Waals surface area contributed by atoms with Crippen molar-refractivity contribution in [1.29, 1.82) is 0 Å². The average Bonchev–Trinajstić information content (AvgIpc) is 1.96. The molecule has 0 saturated heterocycles. The molecule has 6 heteroatoms. The lowest BCUT2D eigenvalue weighted by Gasteiger charge is -2.07. The highest BCUT2D eigenvalue weighted by atomic mass is 32.2. The maximum Gasteiger partial charge on any atom is 0.446 e. The summed E-state index contributed by atoms with van der Waals surface area (Å²) < 4.78 is 49.1. The fraction of sp³-hybridized carbons (Fsp3) is 0.300. The van der Waals surface area contributed by atoms with Gasteiger partial charge in [-0.25, -0.2) is 4.39 Å². The summed E-state index contributed by atoms with van der Waals surface area (Å²) in [6, 6.07) is 3.02. The summed E-state index contributed by atoms with van der Waals surface area (Å²) in [6.45, 7) is 1.29. The molecule has 0 heterocycles. The van der Waals surface area contributed by atoms with Crippen LogP contribution in [0.5, 0.6) is 0 Å². The van der Waals surface area contributed by atoms with Gasteiger partial charge >= 0.3 is 5.51 Å². The minimum Gasteiger partial charge on any atom is -0.300 e. The lowest BCUT2D eigenvalue weighted by molar-refractivity contribution is -0.116. The first-order valence-electron chi connectivity index (χ1n) is 4.31. The highest BCUT2D eigenvalue weighted by Gasteiger charge is 2.29. The van der Waals surface area contributed by atoms with Gasteiger partial charge in [-0.1, -0.05) is 0 Å². The second-order valence-corrected chi connectivity index (χ2v) is 4.36. The molecular weight excluding hydrogens is 244 g/mol. The fourth-order valence-corrected chi connectivity index (χ4v) is 1.85. The van der Waals surface area contributed by atoms with Gasteiger partial charge in [0.1, 0.15) is 11.6 Å². The Morgan fingerprint density at radius 1 is 1.31 bits per heavy atom. The third-order valence-electron chi connectivity index (χ3n) is 1.62. The van der Waals surface area contributed by atoms with E-state index < -0.39 is 23.1 Å². The molecule has 0 bridgehead atoms. The molecule has 0 saturated carbocycles. The lowest BCUT2D eigenvalue weighted by atomic mass is 10.1. The van der Waals surface area contributed by atoms with Gasteiger partial charge in [0, 0.05) is 11.3 Å². The van der Waals surface area contributed by atoms with Crippen LogP contribution in [0.25, 0.3) is 0 Å². The van der Waals surface area contributed by atoms with Crippen molar-refractivity contribution >= 4 is 17.5 Å². The van der Waals surface area contributed by atoms with E-state index in [0.29, 0.717) is 0 Å². The van der Waals surface area contributed by atoms with Crippen molar-refractivity contribution in [2.75, 3.05) is 0 Å². The summed E-state index contributed by atoms with van der Waals surface area (Å²) in [5.74, 6) is -1.00. The van der Waals surface area contributed by atoms with E-state index in [0.717, 1.165) is 12.1 Å². The minimum atomic E-state index is -4.46. The van der Waals surface area contributed by atoms with Crippen LogP contribution in [0.4, 0.5) is 17.6 Å². The van der Waals surface area contributed by atoms with E-state index in [2.05, 4.69) is 0 Å². The van der Waals surface area contributed by atoms with Crippen LogP contribution in [0.2, 0.25) is 0 Å². The van der Waals surface area contributed by atoms with Crippen LogP contribution in [0.3, 0.4) is 0 Å². The summed E-state index contributed by atoms with van der Waals surface area (Å²) in [4.78, 5) is 10.5. The molecule has 16 heavy (non-hydrogen) atoms. The molecule has 0 N–H and O–H groups in total. The number of rotatable bonds is 3. The van der Waals surface area contributed by atoms with Crippen molar-refractivity contribution in [3.8, 4) is 0 Å². The van der Waals surface area contributed by atoms with E-state index in [1.807, 2.05) is 0 Å². The molecule has 0 unspecified atom stereocenters. The first-order chi connectivity index (χ1) is 7.26. The summed E-state index contributed by atoms with van der Waals surface area (Å²) in [7, 11) is 0. The molecule has 0 aromatic heterocycles. The summed E-state index contributed by atoms with van der Waals surface area (Å²) in [5, 5.41) is 0. The van der Waals surface area contributed by atoms with E-state index in [1.54, 1.807) is 0 Å². The topological polar surface area (TPSA) is 17.1 Å². The molecule has 0 radical (unpaired) electrons. The highest BCUT2D eigenvalue weighted by Crippen LogP contribution is 2.37. The molecule has 0 amide bonds. The number of alkyl halides is 3. The normalized spacial score (nSPS) is 11.6. The van der Waals surface area contributed by atoms with Crippen molar-refractivity contribution in [1.82, 2.24) is 0 Å². The van der Waals surface area contributed by atoms with Crippen LogP contribution in [-0.4, -0.2) is 11.3 Å². The summed E-state index contributed by atoms with van der Waals surface area (Å²) in [5.41, 5.74) is -4.21. The number of hydrogen-bond acceptors (Lipinski definition) is 2. The van der Waals surface area contributed by atoms with Crippen LogP contribution in [-0.2, 0) is 11.2 Å². The molecule has 0 aliphatic rings. The molecule has 0 aliphatic heterocycles. The Hall–Kier alpha value is -1.04. The maximum atomic E-state index is 13.0. The van der Waals surface area contributed by atoms with Gasteiger partial charge < -0.3 is 0 Å². The molecule has 0 aliphatic carbocycles. The molecule has 0 spiro atoms. The van der Waals surface area contributed by atoms with E-state index in [1.165, 1.54) is 13.0 Å². The van der Waals surface area contributed by atoms with Crippen LogP contribution in [0.15, 0.2) is 23.1 Å². The number of ketones is 1. The monoisotopic (exact) mass is 252 g/mol. The zero-order valence-corrected chi connectivity index (χ0v) is 9.08. The van der Waals surface area contributed by atoms with Crippen molar-refractivity contribution in [2.45, 2.75) is 23.7 Å². The van der Waals surface area contributed by atoms with Crippen LogP contribution in [0, 0.1) is 5.82 Å². The number of Topliss-reactive ketones (excluding diaryl/α,β-unsaturated/α-hetero) is 1. The molecule has 1 aromatic carbocycles. The van der Waals surface area contributed by atoms with Gasteiger partial charge in [0.25, 0.3) is 0 Å². The van der Waals surface area contributed by atoms with Gasteiger partial charge in [0.2, 0.25) is 0 Å². The minimum absolute atomic E-state index is 0.0663. The zero-order valence-electron chi connectivity index (χ0n) is 8.27. The Bertz CT molecular complexity index is 400. The van der Waals surface area contributed by atoms with Gasteiger partial charge in [-0.2, -0.15) is 13.2 Å². The third-order valence-corrected chi connectivity index (χ3v) is 2.32. The molecule has 1 nitrogen and oxygen atoms in total. The molecular formula is C10H8F4OS. The molecule has 1 rings (SSSR count). The number of carbonyl (C=O) groups excluding carboxylic acids is 1. The fourth-order valence-electron chi connectivity index (χ4n) is 1.20. The number of benzene rings is 1. The largest absolute Gasteiger partial charge is 0.446 e. The molecule has 1 aromatic rings. The van der Waals surface area contributed by atoms with Crippen LogP contribution in [0.1, 0.15) is 12.5 Å². The van der Waals surface area contributed by atoms with Gasteiger partial charge in [0.15, 0.2) is 0 Å². The smallest absolute Gasteiger partial charge is 0.300 e. The van der Waals surface area contributed by atoms with Crippen molar-refractivity contribution < 1.29 is 22.4 Å². The Labute approximate surface area is 93.8 Å². The van der Waals surface area contributed by atoms with Gasteiger partial charge in [0.05, 0.1) is 0 Å². The standard InChI is InChI=1S/C10H8F4OS/c1-6(15)2-7-3-8(11)5-9(4-7)16-10(12,13)14/h3-5H,2H2,1H3. The predicted octanol–water partition coefficient (Wildman–Crippen LogP) is 3.57. The maximum absolute atomic E-state index is 13.0. The first-order valence-corrected chi connectivity index (χ1v) is 5.12. The first kappa shape index (κ1) is 13.0. The SMILES string of the molecule is CC(=O)Cc1cc(F)cc(SC(F)(F)F)c1. The van der Waals surface area contributed by atoms with E-state index in [4.69, 9.17) is 0 Å². The van der Waals surface area contributed by atoms with Crippen molar-refractivity contribution in [3.05, 3.63) is 29.6 Å². The third kappa shape index (κ3) is 4.65. The number of carbonyl (C=O) groups is 1. The van der Waals surface area contributed by atoms with Gasteiger partial charge in [-0.05, 0) is 42.4 Å². The molecule has 0 atom stereocenters. The zero-order chi connectivity index (χ0) is 12.3. The van der Waals surface area contributed by atoms with Gasteiger partial charge in [-0.3, -0.25) is 4.79 Å². The Balaban J connectivity index is 2.94. The number of thioether (sulfide) groups is 1. The van der Waals surface area contributed by atoms with Crippen molar-refractivity contribution in [3.63, 3.8) is 0 Å². The van der Waals surface area contributed by atoms with Crippen LogP contribution >= 0.6 is 11.8 Å². The number of hydrogen-bond donors (Lipinski definition) is 0. The summed E-state index contributed by atoms with van der Waals surface area (Å²) >= 11 is -0.395. The van der Waals surface area contributed by atoms with Gasteiger partial charge in [-0.15, -0.1) is 0 Å². The van der Waals surface area contributed by atoms with E-state index in [9.17, 15) is 22.4 Å². The predicted molar refractivity (Wildman–Crippen MR) is 52.7 cm³/mol. The van der Waals surface area contributed by atoms with Crippen LogP contribution < -0.4 is 0 Å². The van der Waals surface area contributed by atoms with E-state index >= 15 is 0 Å². The van der Waals surface area contributed by atoms with Crippen molar-refractivity contribution in [2.24, 2.45) is 0 Å². The Morgan fingerprint density at radius 3 is 2.44 bits per heavy atom. The average molecular weight is 252 g/mol. The second kappa shape index (κ2) is 4.86. The number of halogens is 4. The highest BCUT2D eigenvalue weighted by molar-refractivity contribution is 8.00. The lowest BCUT2D eigenvalue weighted by Crippen LogP contribution is -2.01. The Kier molecular flexibility index (Phi) is 3.96. The quantitative estimate of drug-likeness (QED) is 0.604. The molecule has 0 fully saturated rings. The van der Waals surface area contributed by atoms with E-state index in [-0.39, 0.29) is 22.7 Å². The molecule has 88 valence electrons. The second-order valence-electron chi connectivity index (χ2n) is 3.22. The Morgan fingerprint density at radius 2 is 1.94 bits per heavy atom.